The summed E-state index contributed by atoms with van der Waals surface area (Å²) in [6.45, 7) is 0.901. The number of hydrogen-bond acceptors (Lipinski definition) is 5. The van der Waals surface area contributed by atoms with Crippen LogP contribution < -0.4 is 10.1 Å². The van der Waals surface area contributed by atoms with Gasteiger partial charge in [0, 0.05) is 6.20 Å². The highest BCUT2D eigenvalue weighted by Gasteiger charge is 2.18. The maximum absolute atomic E-state index is 12.8. The van der Waals surface area contributed by atoms with E-state index >= 15 is 0 Å². The van der Waals surface area contributed by atoms with Crippen molar-refractivity contribution >= 4 is 40.9 Å². The van der Waals surface area contributed by atoms with Gasteiger partial charge in [-0.1, -0.05) is 23.2 Å². The number of hydrogen-bond donors (Lipinski definition) is 1. The van der Waals surface area contributed by atoms with Crippen LogP contribution in [0.1, 0.15) is 6.92 Å². The van der Waals surface area contributed by atoms with E-state index in [9.17, 15) is 14.0 Å². The Hall–Kier alpha value is -2.38. The second kappa shape index (κ2) is 8.64. The number of aromatic nitrogens is 1. The van der Waals surface area contributed by atoms with Crippen LogP contribution >= 0.6 is 23.2 Å². The average molecular weight is 387 g/mol. The summed E-state index contributed by atoms with van der Waals surface area (Å²) < 4.78 is 23.0. The molecule has 0 unspecified atom stereocenters. The van der Waals surface area contributed by atoms with Crippen molar-refractivity contribution in [2.45, 2.75) is 13.0 Å². The largest absolute Gasteiger partial charge is 0.479 e. The fraction of sp³-hybridized carbons (Fsp3) is 0.188. The van der Waals surface area contributed by atoms with Crippen LogP contribution in [-0.2, 0) is 14.3 Å². The number of nitrogens with zero attached hydrogens (tertiary/aromatic N) is 1. The van der Waals surface area contributed by atoms with E-state index in [0.29, 0.717) is 10.8 Å². The summed E-state index contributed by atoms with van der Waals surface area (Å²) in [7, 11) is 0. The average Bonchev–Trinajstić information content (AvgIpc) is 2.57. The highest BCUT2D eigenvalue weighted by atomic mass is 35.5. The Kier molecular flexibility index (Phi) is 6.55. The van der Waals surface area contributed by atoms with E-state index in [1.165, 1.54) is 43.5 Å². The zero-order valence-corrected chi connectivity index (χ0v) is 14.5. The molecule has 0 aliphatic rings. The molecule has 0 saturated carbocycles. The molecule has 1 N–H and O–H groups in total. The second-order valence-corrected chi connectivity index (χ2v) is 5.70. The number of halogens is 3. The van der Waals surface area contributed by atoms with E-state index in [1.54, 1.807) is 0 Å². The third-order valence-electron chi connectivity index (χ3n) is 2.87. The molecule has 1 aromatic carbocycles. The highest BCUT2D eigenvalue weighted by molar-refractivity contribution is 6.36. The summed E-state index contributed by atoms with van der Waals surface area (Å²) in [5.74, 6) is -1.41. The molecule has 0 aliphatic carbocycles. The van der Waals surface area contributed by atoms with Crippen molar-refractivity contribution in [2.24, 2.45) is 0 Å². The molecule has 1 amide bonds. The Balaban J connectivity index is 1.82. The van der Waals surface area contributed by atoms with Crippen LogP contribution in [0, 0.1) is 5.82 Å². The summed E-state index contributed by atoms with van der Waals surface area (Å²) >= 11 is 11.6. The molecule has 132 valence electrons. The van der Waals surface area contributed by atoms with Gasteiger partial charge in [0.25, 0.3) is 5.91 Å². The molecule has 25 heavy (non-hydrogen) atoms. The van der Waals surface area contributed by atoms with Crippen LogP contribution in [0.4, 0.5) is 10.2 Å². The molecule has 0 radical (unpaired) electrons. The topological polar surface area (TPSA) is 77.5 Å². The number of rotatable bonds is 6. The molecule has 1 heterocycles. The normalized spacial score (nSPS) is 11.5. The molecule has 0 fully saturated rings. The van der Waals surface area contributed by atoms with Gasteiger partial charge in [0.2, 0.25) is 0 Å². The Morgan fingerprint density at radius 1 is 1.28 bits per heavy atom. The summed E-state index contributed by atoms with van der Waals surface area (Å²) in [6, 6.07) is 6.56. The van der Waals surface area contributed by atoms with Crippen molar-refractivity contribution in [1.29, 1.82) is 0 Å². The molecule has 0 saturated heterocycles. The molecule has 0 spiro atoms. The monoisotopic (exact) mass is 386 g/mol. The van der Waals surface area contributed by atoms with Gasteiger partial charge in [0.15, 0.2) is 18.5 Å². The summed E-state index contributed by atoms with van der Waals surface area (Å²) in [6.07, 6.45) is 0.337. The molecule has 1 aromatic heterocycles. The number of carbonyl (C=O) groups is 2. The van der Waals surface area contributed by atoms with Gasteiger partial charge in [-0.25, -0.2) is 14.2 Å². The van der Waals surface area contributed by atoms with Crippen molar-refractivity contribution in [2.75, 3.05) is 11.9 Å². The van der Waals surface area contributed by atoms with Crippen molar-refractivity contribution in [3.63, 3.8) is 0 Å². The lowest BCUT2D eigenvalue weighted by atomic mass is 10.3. The Morgan fingerprint density at radius 2 is 1.96 bits per heavy atom. The van der Waals surface area contributed by atoms with Gasteiger partial charge in [-0.05, 0) is 37.3 Å². The lowest BCUT2D eigenvalue weighted by Crippen LogP contribution is -2.30. The van der Waals surface area contributed by atoms with E-state index in [1.807, 2.05) is 0 Å². The molecule has 2 rings (SSSR count). The Morgan fingerprint density at radius 3 is 2.60 bits per heavy atom. The summed E-state index contributed by atoms with van der Waals surface area (Å²) in [4.78, 5) is 27.4. The molecule has 0 aliphatic heterocycles. The van der Waals surface area contributed by atoms with Crippen LogP contribution in [0.25, 0.3) is 0 Å². The highest BCUT2D eigenvalue weighted by Crippen LogP contribution is 2.22. The van der Waals surface area contributed by atoms with E-state index in [2.05, 4.69) is 10.3 Å². The van der Waals surface area contributed by atoms with Gasteiger partial charge in [0.05, 0.1) is 10.0 Å². The third kappa shape index (κ3) is 5.88. The molecule has 1 atom stereocenters. The zero-order chi connectivity index (χ0) is 18.4. The van der Waals surface area contributed by atoms with E-state index in [0.717, 1.165) is 0 Å². The number of esters is 1. The van der Waals surface area contributed by atoms with Gasteiger partial charge in [-0.15, -0.1) is 0 Å². The first-order chi connectivity index (χ1) is 11.8. The van der Waals surface area contributed by atoms with Crippen LogP contribution in [0.3, 0.4) is 0 Å². The fourth-order valence-corrected chi connectivity index (χ4v) is 2.12. The maximum Gasteiger partial charge on any atom is 0.347 e. The van der Waals surface area contributed by atoms with Gasteiger partial charge in [-0.2, -0.15) is 0 Å². The predicted octanol–water partition coefficient (Wildman–Crippen LogP) is 3.48. The number of benzene rings is 1. The first-order valence-corrected chi connectivity index (χ1v) is 7.80. The predicted molar refractivity (Wildman–Crippen MR) is 90.3 cm³/mol. The molecular weight excluding hydrogens is 374 g/mol. The van der Waals surface area contributed by atoms with Gasteiger partial charge < -0.3 is 14.8 Å². The fourth-order valence-electron chi connectivity index (χ4n) is 1.69. The van der Waals surface area contributed by atoms with Crippen molar-refractivity contribution < 1.29 is 23.5 Å². The lowest BCUT2D eigenvalue weighted by Gasteiger charge is -2.14. The number of pyridine rings is 1. The van der Waals surface area contributed by atoms with E-state index < -0.39 is 30.4 Å². The minimum atomic E-state index is -0.976. The smallest absolute Gasteiger partial charge is 0.347 e. The third-order valence-corrected chi connectivity index (χ3v) is 3.36. The van der Waals surface area contributed by atoms with Gasteiger partial charge >= 0.3 is 5.97 Å². The molecular formula is C16H13Cl2FN2O4. The van der Waals surface area contributed by atoms with E-state index in [4.69, 9.17) is 32.7 Å². The maximum atomic E-state index is 12.8. The number of anilines is 1. The van der Waals surface area contributed by atoms with Crippen LogP contribution in [0.15, 0.2) is 36.5 Å². The number of ether oxygens (including phenoxy) is 2. The Bertz CT molecular complexity index is 771. The lowest BCUT2D eigenvalue weighted by molar-refractivity contribution is -0.153. The first kappa shape index (κ1) is 19.0. The second-order valence-electron chi connectivity index (χ2n) is 4.85. The quantitative estimate of drug-likeness (QED) is 0.768. The number of carbonyl (C=O) groups excluding carboxylic acids is 2. The van der Waals surface area contributed by atoms with Crippen molar-refractivity contribution in [1.82, 2.24) is 4.98 Å². The molecule has 2 aromatic rings. The Labute approximate surface area is 152 Å². The molecule has 0 bridgehead atoms. The summed E-state index contributed by atoms with van der Waals surface area (Å²) in [5.41, 5.74) is 0. The van der Waals surface area contributed by atoms with Gasteiger partial charge in [-0.3, -0.25) is 4.79 Å². The first-order valence-electron chi connectivity index (χ1n) is 7.05. The van der Waals surface area contributed by atoms with Crippen molar-refractivity contribution in [3.8, 4) is 5.75 Å². The number of amides is 1. The standard InChI is InChI=1S/C16H13Cl2FN2O4/c1-9(25-12-4-2-11(19)3-5-12)16(23)24-8-14(22)21-15-13(18)6-10(17)7-20-15/h2-7,9H,8H2,1H3,(H,20,21,22)/t9-/m1/s1. The minimum absolute atomic E-state index is 0.0997. The van der Waals surface area contributed by atoms with Gasteiger partial charge in [0.1, 0.15) is 11.6 Å². The number of nitrogens with one attached hydrogen (secondary N) is 1. The SMILES string of the molecule is C[C@@H](Oc1ccc(F)cc1)C(=O)OCC(=O)Nc1ncc(Cl)cc1Cl. The molecule has 9 heteroatoms. The van der Waals surface area contributed by atoms with Crippen LogP contribution in [0.2, 0.25) is 10.0 Å². The van der Waals surface area contributed by atoms with E-state index in [-0.39, 0.29) is 10.8 Å². The minimum Gasteiger partial charge on any atom is -0.479 e. The summed E-state index contributed by atoms with van der Waals surface area (Å²) in [5, 5.41) is 2.86. The van der Waals surface area contributed by atoms with Crippen molar-refractivity contribution in [3.05, 3.63) is 52.4 Å². The zero-order valence-electron chi connectivity index (χ0n) is 13.0. The molecule has 6 nitrogen and oxygen atoms in total. The van der Waals surface area contributed by atoms with Crippen LogP contribution in [0.5, 0.6) is 5.75 Å². The van der Waals surface area contributed by atoms with Crippen LogP contribution in [-0.4, -0.2) is 29.6 Å².